The molecular weight excluding hydrogens is 488 g/mol. The first-order valence-corrected chi connectivity index (χ1v) is 13.4. The van der Waals surface area contributed by atoms with Crippen molar-refractivity contribution in [2.24, 2.45) is 0 Å². The minimum atomic E-state index is -0.238. The van der Waals surface area contributed by atoms with Gasteiger partial charge in [0.05, 0.1) is 26.1 Å². The zero-order valence-electron chi connectivity index (χ0n) is 21.4. The van der Waals surface area contributed by atoms with E-state index in [2.05, 4.69) is 11.4 Å². The van der Waals surface area contributed by atoms with Crippen molar-refractivity contribution in [3.63, 3.8) is 0 Å². The Morgan fingerprint density at radius 2 is 1.78 bits per heavy atom. The van der Waals surface area contributed by atoms with Gasteiger partial charge in [-0.25, -0.2) is 0 Å². The van der Waals surface area contributed by atoms with Crippen LogP contribution in [0.15, 0.2) is 66.0 Å². The fraction of sp³-hybridized carbons (Fsp3) is 0.379. The van der Waals surface area contributed by atoms with Gasteiger partial charge in [-0.05, 0) is 47.5 Å². The van der Waals surface area contributed by atoms with Crippen LogP contribution in [0, 0.1) is 0 Å². The van der Waals surface area contributed by atoms with E-state index >= 15 is 0 Å². The maximum Gasteiger partial charge on any atom is 0.242 e. The first-order chi connectivity index (χ1) is 18.1. The Balaban J connectivity index is 1.49. The van der Waals surface area contributed by atoms with Crippen LogP contribution in [0.2, 0.25) is 0 Å². The number of ether oxygens (including phenoxy) is 3. The van der Waals surface area contributed by atoms with E-state index in [-0.39, 0.29) is 30.8 Å². The van der Waals surface area contributed by atoms with Crippen molar-refractivity contribution in [2.75, 3.05) is 47.1 Å². The Bertz CT molecular complexity index is 1170. The SMILES string of the molecule is COCCCN(CC(=O)N1CCc2sccc2C1COc1ccccc1OC)C(=O)Cc1ccccc1. The molecule has 0 saturated heterocycles. The lowest BCUT2D eigenvalue weighted by atomic mass is 10.0. The summed E-state index contributed by atoms with van der Waals surface area (Å²) in [4.78, 5) is 31.7. The van der Waals surface area contributed by atoms with Crippen molar-refractivity contribution in [1.82, 2.24) is 9.80 Å². The number of hydrogen-bond donors (Lipinski definition) is 0. The fourth-order valence-electron chi connectivity index (χ4n) is 4.61. The number of nitrogens with zero attached hydrogens (tertiary/aromatic N) is 2. The second-order valence-electron chi connectivity index (χ2n) is 8.94. The molecule has 1 atom stereocenters. The number of para-hydroxylation sites is 2. The summed E-state index contributed by atoms with van der Waals surface area (Å²) in [6.07, 6.45) is 1.72. The molecule has 1 aliphatic heterocycles. The van der Waals surface area contributed by atoms with Crippen molar-refractivity contribution in [2.45, 2.75) is 25.3 Å². The normalized spacial score (nSPS) is 14.6. The number of methoxy groups -OCH3 is 2. The van der Waals surface area contributed by atoms with Gasteiger partial charge in [-0.3, -0.25) is 9.59 Å². The predicted molar refractivity (Wildman–Crippen MR) is 144 cm³/mol. The molecule has 2 aromatic carbocycles. The molecule has 4 rings (SSSR count). The van der Waals surface area contributed by atoms with E-state index in [0.717, 1.165) is 17.5 Å². The molecule has 196 valence electrons. The molecule has 0 N–H and O–H groups in total. The van der Waals surface area contributed by atoms with E-state index in [0.29, 0.717) is 44.2 Å². The number of benzene rings is 2. The molecule has 3 aromatic rings. The molecule has 1 aliphatic rings. The zero-order valence-corrected chi connectivity index (χ0v) is 22.2. The molecule has 2 heterocycles. The van der Waals surface area contributed by atoms with Gasteiger partial charge in [-0.1, -0.05) is 42.5 Å². The van der Waals surface area contributed by atoms with Gasteiger partial charge in [0.25, 0.3) is 0 Å². The average Bonchev–Trinajstić information content (AvgIpc) is 3.41. The van der Waals surface area contributed by atoms with Gasteiger partial charge in [-0.15, -0.1) is 11.3 Å². The van der Waals surface area contributed by atoms with E-state index in [1.54, 1.807) is 30.5 Å². The van der Waals surface area contributed by atoms with Crippen LogP contribution in [0.3, 0.4) is 0 Å². The minimum Gasteiger partial charge on any atom is -0.493 e. The van der Waals surface area contributed by atoms with Crippen LogP contribution in [-0.2, 0) is 27.2 Å². The second-order valence-corrected chi connectivity index (χ2v) is 9.94. The molecule has 0 saturated carbocycles. The van der Waals surface area contributed by atoms with Crippen LogP contribution in [0.25, 0.3) is 0 Å². The quantitative estimate of drug-likeness (QED) is 0.331. The molecule has 7 nitrogen and oxygen atoms in total. The van der Waals surface area contributed by atoms with E-state index in [9.17, 15) is 9.59 Å². The van der Waals surface area contributed by atoms with E-state index in [1.165, 1.54) is 4.88 Å². The summed E-state index contributed by atoms with van der Waals surface area (Å²) >= 11 is 1.71. The highest BCUT2D eigenvalue weighted by atomic mass is 32.1. The summed E-state index contributed by atoms with van der Waals surface area (Å²) in [5, 5.41) is 2.06. The smallest absolute Gasteiger partial charge is 0.242 e. The van der Waals surface area contributed by atoms with Gasteiger partial charge in [-0.2, -0.15) is 0 Å². The van der Waals surface area contributed by atoms with Crippen molar-refractivity contribution in [3.05, 3.63) is 82.0 Å². The van der Waals surface area contributed by atoms with Gasteiger partial charge in [0, 0.05) is 31.7 Å². The first kappa shape index (κ1) is 26.7. The predicted octanol–water partition coefficient (Wildman–Crippen LogP) is 4.37. The van der Waals surface area contributed by atoms with Crippen molar-refractivity contribution in [1.29, 1.82) is 0 Å². The van der Waals surface area contributed by atoms with Gasteiger partial charge < -0.3 is 24.0 Å². The lowest BCUT2D eigenvalue weighted by molar-refractivity contribution is -0.142. The summed E-state index contributed by atoms with van der Waals surface area (Å²) in [6, 6.07) is 19.0. The van der Waals surface area contributed by atoms with Crippen molar-refractivity contribution >= 4 is 23.2 Å². The van der Waals surface area contributed by atoms with Crippen LogP contribution in [0.5, 0.6) is 11.5 Å². The minimum absolute atomic E-state index is 0.0278. The van der Waals surface area contributed by atoms with Crippen molar-refractivity contribution in [3.8, 4) is 11.5 Å². The standard InChI is InChI=1S/C29H34N2O5S/c1-34-17-8-15-30(28(32)19-22-9-4-3-5-10-22)20-29(33)31-16-13-27-23(14-18-37-27)24(31)21-36-26-12-7-6-11-25(26)35-2/h3-7,9-12,14,18,24H,8,13,15-17,19-21H2,1-2H3. The summed E-state index contributed by atoms with van der Waals surface area (Å²) in [5.74, 6) is 1.14. The molecule has 0 aliphatic carbocycles. The largest absolute Gasteiger partial charge is 0.493 e. The van der Waals surface area contributed by atoms with Gasteiger partial charge in [0.2, 0.25) is 11.8 Å². The number of rotatable bonds is 12. The molecule has 37 heavy (non-hydrogen) atoms. The second kappa shape index (κ2) is 13.3. The molecule has 2 amide bonds. The molecule has 0 radical (unpaired) electrons. The summed E-state index contributed by atoms with van der Waals surface area (Å²) in [7, 11) is 3.25. The Morgan fingerprint density at radius 1 is 1.03 bits per heavy atom. The summed E-state index contributed by atoms with van der Waals surface area (Å²) in [6.45, 7) is 1.91. The van der Waals surface area contributed by atoms with Crippen LogP contribution in [0.4, 0.5) is 0 Å². The third kappa shape index (κ3) is 6.90. The number of fused-ring (bicyclic) bond motifs is 1. The van der Waals surface area contributed by atoms with Crippen molar-refractivity contribution < 1.29 is 23.8 Å². The molecule has 0 bridgehead atoms. The molecule has 8 heteroatoms. The molecule has 0 spiro atoms. The third-order valence-corrected chi connectivity index (χ3v) is 7.53. The van der Waals surface area contributed by atoms with Gasteiger partial charge >= 0.3 is 0 Å². The third-order valence-electron chi connectivity index (χ3n) is 6.53. The highest BCUT2D eigenvalue weighted by molar-refractivity contribution is 7.10. The number of carbonyl (C=O) groups excluding carboxylic acids is 2. The topological polar surface area (TPSA) is 68.3 Å². The number of hydrogen-bond acceptors (Lipinski definition) is 6. The van der Waals surface area contributed by atoms with Crippen LogP contribution in [0.1, 0.15) is 28.5 Å². The molecule has 1 aromatic heterocycles. The van der Waals surface area contributed by atoms with E-state index in [4.69, 9.17) is 14.2 Å². The van der Waals surface area contributed by atoms with Crippen LogP contribution < -0.4 is 9.47 Å². The van der Waals surface area contributed by atoms with Gasteiger partial charge in [0.1, 0.15) is 6.61 Å². The Morgan fingerprint density at radius 3 is 2.54 bits per heavy atom. The highest BCUT2D eigenvalue weighted by Gasteiger charge is 2.33. The fourth-order valence-corrected chi connectivity index (χ4v) is 5.54. The maximum absolute atomic E-state index is 13.7. The Kier molecular flexibility index (Phi) is 9.57. The van der Waals surface area contributed by atoms with Crippen LogP contribution >= 0.6 is 11.3 Å². The number of carbonyl (C=O) groups is 2. The Hall–Kier alpha value is -3.36. The number of thiophene rings is 1. The average molecular weight is 523 g/mol. The Labute approximate surface area is 222 Å². The highest BCUT2D eigenvalue weighted by Crippen LogP contribution is 2.35. The lowest BCUT2D eigenvalue weighted by Crippen LogP contribution is -2.48. The molecule has 1 unspecified atom stereocenters. The zero-order chi connectivity index (χ0) is 26.0. The molecular formula is C29H34N2O5S. The van der Waals surface area contributed by atoms with Crippen LogP contribution in [-0.4, -0.2) is 68.7 Å². The number of amides is 2. The van der Waals surface area contributed by atoms with E-state index < -0.39 is 0 Å². The first-order valence-electron chi connectivity index (χ1n) is 12.5. The summed E-state index contributed by atoms with van der Waals surface area (Å²) in [5.41, 5.74) is 2.04. The van der Waals surface area contributed by atoms with Gasteiger partial charge in [0.15, 0.2) is 11.5 Å². The van der Waals surface area contributed by atoms with E-state index in [1.807, 2.05) is 59.5 Å². The molecule has 0 fully saturated rings. The monoisotopic (exact) mass is 522 g/mol. The summed E-state index contributed by atoms with van der Waals surface area (Å²) < 4.78 is 16.8. The lowest BCUT2D eigenvalue weighted by Gasteiger charge is -2.37. The maximum atomic E-state index is 13.7.